The van der Waals surface area contributed by atoms with Crippen LogP contribution in [0.2, 0.25) is 0 Å². The summed E-state index contributed by atoms with van der Waals surface area (Å²) in [7, 11) is 0. The molecule has 1 rings (SSSR count). The number of oxime groups is 1. The molecule has 0 fully saturated rings. The highest BCUT2D eigenvalue weighted by molar-refractivity contribution is 5.87. The Morgan fingerprint density at radius 3 is 2.50 bits per heavy atom. The second-order valence-electron chi connectivity index (χ2n) is 3.51. The summed E-state index contributed by atoms with van der Waals surface area (Å²) >= 11 is 0. The standard InChI is InChI=1S/C7H12N4O/c1-7(2,3)6(10-12)11-5-8-4-9-11/h4-5,12H,1-3H3. The molecule has 1 heterocycles. The van der Waals surface area contributed by atoms with E-state index < -0.39 is 0 Å². The second kappa shape index (κ2) is 2.92. The Hall–Kier alpha value is -1.39. The predicted octanol–water partition coefficient (Wildman–Crippen LogP) is 0.960. The van der Waals surface area contributed by atoms with Gasteiger partial charge in [-0.15, -0.1) is 0 Å². The van der Waals surface area contributed by atoms with Crippen LogP contribution in [0.25, 0.3) is 0 Å². The molecule has 0 radical (unpaired) electrons. The van der Waals surface area contributed by atoms with Crippen molar-refractivity contribution in [3.05, 3.63) is 12.7 Å². The Morgan fingerprint density at radius 2 is 2.17 bits per heavy atom. The molecule has 1 aromatic heterocycles. The van der Waals surface area contributed by atoms with Gasteiger partial charge in [0.15, 0.2) is 5.84 Å². The first-order valence-corrected chi connectivity index (χ1v) is 3.63. The Morgan fingerprint density at radius 1 is 1.50 bits per heavy atom. The van der Waals surface area contributed by atoms with Crippen LogP contribution in [0.3, 0.4) is 0 Å². The Labute approximate surface area is 70.7 Å². The van der Waals surface area contributed by atoms with Crippen LogP contribution in [0.5, 0.6) is 0 Å². The molecule has 5 nitrogen and oxygen atoms in total. The first-order valence-electron chi connectivity index (χ1n) is 3.63. The highest BCUT2D eigenvalue weighted by Gasteiger charge is 2.21. The summed E-state index contributed by atoms with van der Waals surface area (Å²) in [6.45, 7) is 5.80. The monoisotopic (exact) mass is 168 g/mol. The fourth-order valence-corrected chi connectivity index (χ4v) is 0.857. The largest absolute Gasteiger partial charge is 0.409 e. The average molecular weight is 168 g/mol. The van der Waals surface area contributed by atoms with Gasteiger partial charge in [-0.1, -0.05) is 25.9 Å². The molecule has 0 amide bonds. The van der Waals surface area contributed by atoms with Gasteiger partial charge in [0.1, 0.15) is 12.7 Å². The van der Waals surface area contributed by atoms with Crippen molar-refractivity contribution in [1.82, 2.24) is 14.8 Å². The number of nitrogens with zero attached hydrogens (tertiary/aromatic N) is 4. The van der Waals surface area contributed by atoms with Crippen LogP contribution < -0.4 is 0 Å². The Bertz CT molecular complexity index is 270. The molecule has 12 heavy (non-hydrogen) atoms. The van der Waals surface area contributed by atoms with Gasteiger partial charge < -0.3 is 5.21 Å². The molecular formula is C7H12N4O. The third-order valence-corrected chi connectivity index (χ3v) is 1.40. The molecule has 1 N–H and O–H groups in total. The molecule has 0 saturated heterocycles. The van der Waals surface area contributed by atoms with Gasteiger partial charge in [-0.3, -0.25) is 0 Å². The molecule has 1 aromatic rings. The van der Waals surface area contributed by atoms with Crippen molar-refractivity contribution < 1.29 is 5.21 Å². The molecule has 0 aliphatic carbocycles. The maximum atomic E-state index is 8.73. The topological polar surface area (TPSA) is 63.3 Å². The van der Waals surface area contributed by atoms with E-state index in [1.807, 2.05) is 20.8 Å². The van der Waals surface area contributed by atoms with Crippen LogP contribution in [0, 0.1) is 5.41 Å². The van der Waals surface area contributed by atoms with Crippen molar-refractivity contribution in [2.45, 2.75) is 20.8 Å². The lowest BCUT2D eigenvalue weighted by molar-refractivity contribution is 0.306. The van der Waals surface area contributed by atoms with Gasteiger partial charge in [-0.05, 0) is 0 Å². The van der Waals surface area contributed by atoms with Crippen LogP contribution in [-0.2, 0) is 0 Å². The third-order valence-electron chi connectivity index (χ3n) is 1.40. The zero-order valence-corrected chi connectivity index (χ0v) is 7.39. The molecule has 5 heteroatoms. The Kier molecular flexibility index (Phi) is 2.12. The lowest BCUT2D eigenvalue weighted by Gasteiger charge is -2.18. The van der Waals surface area contributed by atoms with Crippen molar-refractivity contribution in [2.75, 3.05) is 0 Å². The normalized spacial score (nSPS) is 13.4. The van der Waals surface area contributed by atoms with E-state index >= 15 is 0 Å². The summed E-state index contributed by atoms with van der Waals surface area (Å²) in [6, 6.07) is 0. The summed E-state index contributed by atoms with van der Waals surface area (Å²) in [5.41, 5.74) is -0.248. The van der Waals surface area contributed by atoms with Gasteiger partial charge >= 0.3 is 0 Å². The van der Waals surface area contributed by atoms with Gasteiger partial charge in [0.05, 0.1) is 0 Å². The van der Waals surface area contributed by atoms with E-state index in [-0.39, 0.29) is 5.41 Å². The van der Waals surface area contributed by atoms with Gasteiger partial charge in [0.25, 0.3) is 0 Å². The summed E-state index contributed by atoms with van der Waals surface area (Å²) in [5.74, 6) is 0.472. The van der Waals surface area contributed by atoms with Crippen molar-refractivity contribution in [1.29, 1.82) is 0 Å². The first-order chi connectivity index (χ1) is 5.55. The molecule has 0 aliphatic rings. The fourth-order valence-electron chi connectivity index (χ4n) is 0.857. The summed E-state index contributed by atoms with van der Waals surface area (Å²) in [6.07, 6.45) is 2.90. The van der Waals surface area contributed by atoms with Crippen LogP contribution in [0.1, 0.15) is 20.8 Å². The van der Waals surface area contributed by atoms with E-state index in [1.54, 1.807) is 0 Å². The van der Waals surface area contributed by atoms with Crippen molar-refractivity contribution in [2.24, 2.45) is 10.6 Å². The number of hydrogen-bond acceptors (Lipinski definition) is 4. The minimum atomic E-state index is -0.248. The van der Waals surface area contributed by atoms with E-state index in [2.05, 4.69) is 15.2 Å². The van der Waals surface area contributed by atoms with Crippen LogP contribution in [0.4, 0.5) is 0 Å². The highest BCUT2D eigenvalue weighted by Crippen LogP contribution is 2.16. The van der Waals surface area contributed by atoms with Crippen LogP contribution >= 0.6 is 0 Å². The predicted molar refractivity (Wildman–Crippen MR) is 44.1 cm³/mol. The third kappa shape index (κ3) is 1.61. The van der Waals surface area contributed by atoms with E-state index in [0.717, 1.165) is 0 Å². The molecule has 0 saturated carbocycles. The van der Waals surface area contributed by atoms with Gasteiger partial charge in [-0.25, -0.2) is 9.67 Å². The molecule has 0 unspecified atom stereocenters. The molecule has 0 atom stereocenters. The minimum Gasteiger partial charge on any atom is -0.409 e. The number of aromatic nitrogens is 3. The Balaban J connectivity index is 3.01. The quantitative estimate of drug-likeness (QED) is 0.271. The lowest BCUT2D eigenvalue weighted by atomic mass is 9.95. The maximum Gasteiger partial charge on any atom is 0.175 e. The van der Waals surface area contributed by atoms with Crippen molar-refractivity contribution in [3.63, 3.8) is 0 Å². The van der Waals surface area contributed by atoms with E-state index in [4.69, 9.17) is 5.21 Å². The molecule has 66 valence electrons. The molecule has 0 spiro atoms. The molecule has 0 aromatic carbocycles. The van der Waals surface area contributed by atoms with E-state index in [9.17, 15) is 0 Å². The SMILES string of the molecule is CC(C)(C)C(=NO)n1cncn1. The van der Waals surface area contributed by atoms with Crippen LogP contribution in [-0.4, -0.2) is 25.8 Å². The lowest BCUT2D eigenvalue weighted by Crippen LogP contribution is -2.28. The first kappa shape index (κ1) is 8.70. The van der Waals surface area contributed by atoms with Crippen LogP contribution in [0.15, 0.2) is 17.8 Å². The number of rotatable bonds is 0. The van der Waals surface area contributed by atoms with Gasteiger partial charge in [0.2, 0.25) is 0 Å². The van der Waals surface area contributed by atoms with Gasteiger partial charge in [-0.2, -0.15) is 5.10 Å². The molecule has 0 bridgehead atoms. The second-order valence-corrected chi connectivity index (χ2v) is 3.51. The zero-order valence-electron chi connectivity index (χ0n) is 7.39. The minimum absolute atomic E-state index is 0.248. The molecular weight excluding hydrogens is 156 g/mol. The molecule has 0 aliphatic heterocycles. The average Bonchev–Trinajstić information content (AvgIpc) is 2.38. The van der Waals surface area contributed by atoms with Gasteiger partial charge in [0, 0.05) is 5.41 Å². The fraction of sp³-hybridized carbons (Fsp3) is 0.571. The summed E-state index contributed by atoms with van der Waals surface area (Å²) in [5, 5.41) is 15.8. The maximum absolute atomic E-state index is 8.73. The summed E-state index contributed by atoms with van der Waals surface area (Å²) < 4.78 is 1.44. The summed E-state index contributed by atoms with van der Waals surface area (Å²) in [4.78, 5) is 3.76. The van der Waals surface area contributed by atoms with Crippen molar-refractivity contribution in [3.8, 4) is 0 Å². The van der Waals surface area contributed by atoms with E-state index in [1.165, 1.54) is 17.3 Å². The number of hydrogen-bond donors (Lipinski definition) is 1. The zero-order chi connectivity index (χ0) is 9.19. The smallest absolute Gasteiger partial charge is 0.175 e. The van der Waals surface area contributed by atoms with Crippen molar-refractivity contribution >= 4 is 5.84 Å². The highest BCUT2D eigenvalue weighted by atomic mass is 16.4. The van der Waals surface area contributed by atoms with E-state index in [0.29, 0.717) is 5.84 Å².